The van der Waals surface area contributed by atoms with E-state index in [4.69, 9.17) is 4.65 Å². The highest BCUT2D eigenvalue weighted by molar-refractivity contribution is 6.47. The molecule has 0 saturated heterocycles. The molecule has 4 N–H and O–H groups in total. The van der Waals surface area contributed by atoms with Crippen molar-refractivity contribution in [1.82, 2.24) is 16.0 Å². The van der Waals surface area contributed by atoms with E-state index in [1.54, 1.807) is 12.1 Å². The highest BCUT2D eigenvalue weighted by Crippen LogP contribution is 2.30. The van der Waals surface area contributed by atoms with Gasteiger partial charge in [-0.25, -0.2) is 0 Å². The number of ketones is 1. The summed E-state index contributed by atoms with van der Waals surface area (Å²) in [6.45, 7) is 3.12. The largest absolute Gasteiger partial charge is 0.547 e. The number of carbonyl (C=O) groups excluding carboxylic acids is 2. The molecule has 0 aliphatic carbocycles. The molecule has 2 heterocycles. The number of nitrogens with one attached hydrogen (secondary N) is 3. The Morgan fingerprint density at radius 1 is 1.27 bits per heavy atom. The van der Waals surface area contributed by atoms with Gasteiger partial charge in [-0.3, -0.25) is 9.59 Å². The van der Waals surface area contributed by atoms with E-state index in [-0.39, 0.29) is 18.1 Å². The van der Waals surface area contributed by atoms with Crippen LogP contribution in [-0.4, -0.2) is 43.4 Å². The fourth-order valence-corrected chi connectivity index (χ4v) is 4.26. The SMILES string of the molecule is CNCC1NCc2cc(CC(=O)N[C@H]3Cc4cccc(C(C)=O)c4OB3O)ccc21. The number of Topliss-reactive ketones (excluding diaryl/α,β-unsaturated/α-hetero) is 1. The lowest BCUT2D eigenvalue weighted by Gasteiger charge is -2.29. The van der Waals surface area contributed by atoms with Crippen molar-refractivity contribution in [3.63, 3.8) is 0 Å². The van der Waals surface area contributed by atoms with Crippen LogP contribution in [0.25, 0.3) is 0 Å². The Morgan fingerprint density at radius 2 is 2.10 bits per heavy atom. The first-order chi connectivity index (χ1) is 14.5. The minimum absolute atomic E-state index is 0.121. The van der Waals surface area contributed by atoms with Gasteiger partial charge in [0.05, 0.1) is 17.9 Å². The van der Waals surface area contributed by atoms with Crippen LogP contribution in [0.1, 0.15) is 45.6 Å². The highest BCUT2D eigenvalue weighted by atomic mass is 16.5. The molecule has 2 aliphatic heterocycles. The van der Waals surface area contributed by atoms with Gasteiger partial charge in [-0.15, -0.1) is 0 Å². The minimum Gasteiger partial charge on any atom is -0.534 e. The summed E-state index contributed by atoms with van der Waals surface area (Å²) in [5.74, 6) is -0.454. The zero-order valence-corrected chi connectivity index (χ0v) is 17.2. The number of fused-ring (bicyclic) bond motifs is 2. The van der Waals surface area contributed by atoms with Crippen molar-refractivity contribution in [2.45, 2.75) is 38.3 Å². The number of hydrogen-bond acceptors (Lipinski definition) is 6. The van der Waals surface area contributed by atoms with Crippen molar-refractivity contribution in [2.75, 3.05) is 13.6 Å². The molecule has 0 spiro atoms. The van der Waals surface area contributed by atoms with E-state index in [9.17, 15) is 14.6 Å². The van der Waals surface area contributed by atoms with E-state index in [1.807, 2.05) is 19.2 Å². The second-order valence-corrected chi connectivity index (χ2v) is 7.94. The van der Waals surface area contributed by atoms with Crippen LogP contribution in [0.4, 0.5) is 0 Å². The molecule has 1 unspecified atom stereocenters. The van der Waals surface area contributed by atoms with Crippen LogP contribution < -0.4 is 20.6 Å². The summed E-state index contributed by atoms with van der Waals surface area (Å²) < 4.78 is 5.59. The van der Waals surface area contributed by atoms with Crippen LogP contribution in [0.3, 0.4) is 0 Å². The standard InChI is InChI=1S/C22H26BN3O4/c1-13(27)17-5-3-4-15-10-20(23(29)30-22(15)17)26-21(28)9-14-6-7-18-16(8-14)11-25-19(18)12-24-2/h3-8,19-20,24-25,29H,9-12H2,1-2H3,(H,26,28)/t19?,20-/m0/s1. The summed E-state index contributed by atoms with van der Waals surface area (Å²) >= 11 is 0. The molecule has 2 aromatic carbocycles. The number of amides is 1. The third kappa shape index (κ3) is 4.12. The van der Waals surface area contributed by atoms with Crippen LogP contribution in [0.2, 0.25) is 0 Å². The highest BCUT2D eigenvalue weighted by Gasteiger charge is 2.37. The molecule has 2 aliphatic rings. The van der Waals surface area contributed by atoms with E-state index in [1.165, 1.54) is 18.1 Å². The average Bonchev–Trinajstić information content (AvgIpc) is 3.10. The van der Waals surface area contributed by atoms with Gasteiger partial charge < -0.3 is 25.6 Å². The molecule has 2 atom stereocenters. The Bertz CT molecular complexity index is 981. The van der Waals surface area contributed by atoms with E-state index in [0.29, 0.717) is 23.8 Å². The number of carbonyl (C=O) groups is 2. The quantitative estimate of drug-likeness (QED) is 0.420. The molecule has 30 heavy (non-hydrogen) atoms. The van der Waals surface area contributed by atoms with Crippen molar-refractivity contribution in [1.29, 1.82) is 0 Å². The van der Waals surface area contributed by atoms with Gasteiger partial charge in [0, 0.05) is 19.1 Å². The maximum Gasteiger partial charge on any atom is 0.547 e. The van der Waals surface area contributed by atoms with Crippen molar-refractivity contribution in [3.8, 4) is 5.75 Å². The molecule has 4 rings (SSSR count). The predicted molar refractivity (Wildman–Crippen MR) is 114 cm³/mol. The van der Waals surface area contributed by atoms with E-state index < -0.39 is 13.1 Å². The Labute approximate surface area is 176 Å². The monoisotopic (exact) mass is 407 g/mol. The molecule has 0 saturated carbocycles. The molecular weight excluding hydrogens is 381 g/mol. The normalized spacial score (nSPS) is 19.6. The molecule has 2 aromatic rings. The van der Waals surface area contributed by atoms with Crippen LogP contribution in [-0.2, 0) is 24.2 Å². The van der Waals surface area contributed by atoms with Gasteiger partial charge in [0.25, 0.3) is 0 Å². The predicted octanol–water partition coefficient (Wildman–Crippen LogP) is 0.935. The summed E-state index contributed by atoms with van der Waals surface area (Å²) in [6, 6.07) is 11.7. The first-order valence-electron chi connectivity index (χ1n) is 10.2. The Kier molecular flexibility index (Phi) is 5.90. The third-order valence-electron chi connectivity index (χ3n) is 5.74. The minimum atomic E-state index is -1.20. The van der Waals surface area contributed by atoms with E-state index in [0.717, 1.165) is 24.2 Å². The van der Waals surface area contributed by atoms with Crippen molar-refractivity contribution in [3.05, 3.63) is 64.2 Å². The number of benzene rings is 2. The van der Waals surface area contributed by atoms with E-state index >= 15 is 0 Å². The van der Waals surface area contributed by atoms with Gasteiger partial charge in [0.2, 0.25) is 5.91 Å². The zero-order chi connectivity index (χ0) is 21.3. The Hall–Kier alpha value is -2.68. The number of para-hydroxylation sites is 1. The molecular formula is C22H26BN3O4. The second-order valence-electron chi connectivity index (χ2n) is 7.94. The lowest BCUT2D eigenvalue weighted by molar-refractivity contribution is -0.120. The van der Waals surface area contributed by atoms with Gasteiger partial charge in [-0.05, 0) is 48.7 Å². The van der Waals surface area contributed by atoms with Gasteiger partial charge in [-0.1, -0.05) is 30.3 Å². The topological polar surface area (TPSA) is 99.7 Å². The first-order valence-corrected chi connectivity index (χ1v) is 10.2. The molecule has 0 bridgehead atoms. The number of hydrogen-bond donors (Lipinski definition) is 4. The molecule has 156 valence electrons. The summed E-state index contributed by atoms with van der Waals surface area (Å²) in [7, 11) is 0.731. The Balaban J connectivity index is 1.41. The maximum absolute atomic E-state index is 12.6. The van der Waals surface area contributed by atoms with Gasteiger partial charge >= 0.3 is 7.12 Å². The Morgan fingerprint density at radius 3 is 2.87 bits per heavy atom. The molecule has 7 nitrogen and oxygen atoms in total. The number of likely N-dealkylation sites (N-methyl/N-ethyl adjacent to an activating group) is 1. The van der Waals surface area contributed by atoms with Crippen molar-refractivity contribution < 1.29 is 19.3 Å². The fraction of sp³-hybridized carbons (Fsp3) is 0.364. The average molecular weight is 407 g/mol. The maximum atomic E-state index is 12.6. The zero-order valence-electron chi connectivity index (χ0n) is 17.2. The van der Waals surface area contributed by atoms with Crippen LogP contribution in [0, 0.1) is 0 Å². The van der Waals surface area contributed by atoms with Crippen LogP contribution in [0.5, 0.6) is 5.75 Å². The summed E-state index contributed by atoms with van der Waals surface area (Å²) in [6.07, 6.45) is 0.636. The summed E-state index contributed by atoms with van der Waals surface area (Å²) in [5.41, 5.74) is 4.66. The second kappa shape index (κ2) is 8.59. The fourth-order valence-electron chi connectivity index (χ4n) is 4.26. The molecule has 1 amide bonds. The molecule has 0 radical (unpaired) electrons. The third-order valence-corrected chi connectivity index (χ3v) is 5.74. The smallest absolute Gasteiger partial charge is 0.534 e. The van der Waals surface area contributed by atoms with Gasteiger partial charge in [-0.2, -0.15) is 0 Å². The van der Waals surface area contributed by atoms with Crippen LogP contribution >= 0.6 is 0 Å². The molecule has 8 heteroatoms. The summed E-state index contributed by atoms with van der Waals surface area (Å²) in [4.78, 5) is 24.4. The first kappa shape index (κ1) is 20.6. The summed E-state index contributed by atoms with van der Waals surface area (Å²) in [5, 5.41) is 19.9. The van der Waals surface area contributed by atoms with Gasteiger partial charge in [0.1, 0.15) is 5.75 Å². The van der Waals surface area contributed by atoms with Crippen molar-refractivity contribution >= 4 is 18.8 Å². The van der Waals surface area contributed by atoms with E-state index in [2.05, 4.69) is 28.1 Å². The lowest BCUT2D eigenvalue weighted by Crippen LogP contribution is -2.53. The van der Waals surface area contributed by atoms with Crippen LogP contribution in [0.15, 0.2) is 36.4 Å². The van der Waals surface area contributed by atoms with Gasteiger partial charge in [0.15, 0.2) is 5.78 Å². The lowest BCUT2D eigenvalue weighted by atomic mass is 9.72. The number of rotatable bonds is 6. The van der Waals surface area contributed by atoms with Crippen molar-refractivity contribution in [2.24, 2.45) is 0 Å². The molecule has 0 aromatic heterocycles. The molecule has 0 fully saturated rings.